The Kier molecular flexibility index (Phi) is 5.22. The molecule has 0 saturated heterocycles. The van der Waals surface area contributed by atoms with Gasteiger partial charge in [-0.1, -0.05) is 11.8 Å². The van der Waals surface area contributed by atoms with Crippen molar-refractivity contribution in [3.63, 3.8) is 0 Å². The van der Waals surface area contributed by atoms with Gasteiger partial charge in [-0.05, 0) is 45.0 Å². The Morgan fingerprint density at radius 1 is 1.32 bits per heavy atom. The summed E-state index contributed by atoms with van der Waals surface area (Å²) in [5, 5.41) is 11.2. The molecule has 0 atom stereocenters. The van der Waals surface area contributed by atoms with Gasteiger partial charge < -0.3 is 10.1 Å². The minimum Gasteiger partial charge on any atom is -0.444 e. The number of rotatable bonds is 2. The Labute approximate surface area is 112 Å². The van der Waals surface area contributed by atoms with Crippen LogP contribution in [0.4, 0.5) is 10.5 Å². The van der Waals surface area contributed by atoms with Crippen LogP contribution in [0.5, 0.6) is 0 Å². The quantitative estimate of drug-likeness (QED) is 0.565. The minimum absolute atomic E-state index is 0.217. The summed E-state index contributed by atoms with van der Waals surface area (Å²) in [5.41, 5.74) is 2.92. The summed E-state index contributed by atoms with van der Waals surface area (Å²) in [5.74, 6) is 5.70. The molecule has 5 nitrogen and oxygen atoms in total. The highest BCUT2D eigenvalue weighted by molar-refractivity contribution is 5.68. The summed E-state index contributed by atoms with van der Waals surface area (Å²) in [6.07, 6.45) is -0.485. The molecule has 0 spiro atoms. The molecule has 1 rings (SSSR count). The molecular formula is C14H18N2O3. The van der Waals surface area contributed by atoms with E-state index in [4.69, 9.17) is 9.94 Å². The van der Waals surface area contributed by atoms with Gasteiger partial charge >= 0.3 is 6.09 Å². The number of nitrogens with one attached hydrogen (secondary N) is 2. The van der Waals surface area contributed by atoms with E-state index in [0.29, 0.717) is 5.69 Å². The summed E-state index contributed by atoms with van der Waals surface area (Å²) in [7, 11) is 0. The fourth-order valence-corrected chi connectivity index (χ4v) is 1.20. The van der Waals surface area contributed by atoms with Crippen molar-refractivity contribution in [2.24, 2.45) is 0 Å². The molecule has 0 saturated carbocycles. The highest BCUT2D eigenvalue weighted by atomic mass is 16.6. The summed E-state index contributed by atoms with van der Waals surface area (Å²) < 4.78 is 5.07. The van der Waals surface area contributed by atoms with E-state index in [0.717, 1.165) is 5.56 Å². The van der Waals surface area contributed by atoms with E-state index in [-0.39, 0.29) is 6.54 Å². The van der Waals surface area contributed by atoms with Crippen LogP contribution in [0.3, 0.4) is 0 Å². The third-order valence-electron chi connectivity index (χ3n) is 1.97. The molecule has 0 aliphatic carbocycles. The van der Waals surface area contributed by atoms with Gasteiger partial charge in [0.15, 0.2) is 0 Å². The largest absolute Gasteiger partial charge is 0.444 e. The zero-order valence-corrected chi connectivity index (χ0v) is 11.3. The lowest BCUT2D eigenvalue weighted by Gasteiger charge is -2.18. The number of benzene rings is 1. The number of hydrogen-bond acceptors (Lipinski definition) is 4. The highest BCUT2D eigenvalue weighted by Crippen LogP contribution is 2.07. The van der Waals surface area contributed by atoms with Crippen molar-refractivity contribution < 1.29 is 14.7 Å². The van der Waals surface area contributed by atoms with Crippen molar-refractivity contribution in [2.75, 3.05) is 12.0 Å². The average Bonchev–Trinajstić information content (AvgIpc) is 2.33. The van der Waals surface area contributed by atoms with E-state index in [9.17, 15) is 4.79 Å². The van der Waals surface area contributed by atoms with Gasteiger partial charge in [-0.25, -0.2) is 4.79 Å². The molecule has 5 heteroatoms. The van der Waals surface area contributed by atoms with E-state index >= 15 is 0 Å². The molecule has 0 radical (unpaired) electrons. The van der Waals surface area contributed by atoms with Crippen LogP contribution >= 0.6 is 0 Å². The zero-order valence-electron chi connectivity index (χ0n) is 11.3. The van der Waals surface area contributed by atoms with Crippen molar-refractivity contribution in [3.05, 3.63) is 29.8 Å². The molecule has 1 amide bonds. The maximum absolute atomic E-state index is 11.3. The third-order valence-corrected chi connectivity index (χ3v) is 1.97. The first kappa shape index (κ1) is 14.9. The lowest BCUT2D eigenvalue weighted by molar-refractivity contribution is 0.0535. The SMILES string of the molecule is CC(C)(C)OC(=O)NCC#Cc1ccc(NO)cc1. The summed E-state index contributed by atoms with van der Waals surface area (Å²) in [6, 6.07) is 6.93. The Bertz CT molecular complexity index is 478. The van der Waals surface area contributed by atoms with Crippen molar-refractivity contribution in [3.8, 4) is 11.8 Å². The molecular weight excluding hydrogens is 244 g/mol. The molecule has 1 aromatic carbocycles. The maximum atomic E-state index is 11.3. The number of hydrogen-bond donors (Lipinski definition) is 3. The second-order valence-corrected chi connectivity index (χ2v) is 4.85. The zero-order chi connectivity index (χ0) is 14.3. The molecule has 3 N–H and O–H groups in total. The summed E-state index contributed by atoms with van der Waals surface area (Å²) in [4.78, 5) is 11.3. The summed E-state index contributed by atoms with van der Waals surface area (Å²) >= 11 is 0. The topological polar surface area (TPSA) is 70.6 Å². The van der Waals surface area contributed by atoms with E-state index in [1.54, 1.807) is 45.0 Å². The van der Waals surface area contributed by atoms with Crippen LogP contribution in [0.1, 0.15) is 26.3 Å². The Hall–Kier alpha value is -2.19. The van der Waals surface area contributed by atoms with E-state index < -0.39 is 11.7 Å². The van der Waals surface area contributed by atoms with Crippen LogP contribution in [0.2, 0.25) is 0 Å². The number of ether oxygens (including phenoxy) is 1. The Balaban J connectivity index is 2.40. The van der Waals surface area contributed by atoms with Crippen molar-refractivity contribution in [1.82, 2.24) is 5.32 Å². The predicted octanol–water partition coefficient (Wildman–Crippen LogP) is 2.36. The smallest absolute Gasteiger partial charge is 0.408 e. The molecule has 0 fully saturated rings. The minimum atomic E-state index is -0.509. The van der Waals surface area contributed by atoms with Crippen LogP contribution in [0.15, 0.2) is 24.3 Å². The first-order valence-electron chi connectivity index (χ1n) is 5.86. The molecule has 0 aliphatic rings. The molecule has 102 valence electrons. The van der Waals surface area contributed by atoms with E-state index in [1.165, 1.54) is 0 Å². The summed E-state index contributed by atoms with van der Waals surface area (Å²) in [6.45, 7) is 5.62. The van der Waals surface area contributed by atoms with Crippen molar-refractivity contribution in [1.29, 1.82) is 0 Å². The Morgan fingerprint density at radius 3 is 2.47 bits per heavy atom. The predicted molar refractivity (Wildman–Crippen MR) is 73.0 cm³/mol. The number of anilines is 1. The van der Waals surface area contributed by atoms with Crippen molar-refractivity contribution in [2.45, 2.75) is 26.4 Å². The number of carbonyl (C=O) groups excluding carboxylic acids is 1. The van der Waals surface area contributed by atoms with Gasteiger partial charge in [0.05, 0.1) is 12.2 Å². The molecule has 0 bridgehead atoms. The second-order valence-electron chi connectivity index (χ2n) is 4.85. The Morgan fingerprint density at radius 2 is 1.95 bits per heavy atom. The monoisotopic (exact) mass is 262 g/mol. The molecule has 0 unspecified atom stereocenters. The second kappa shape index (κ2) is 6.66. The van der Waals surface area contributed by atoms with Gasteiger partial charge in [0.1, 0.15) is 5.60 Å². The molecule has 0 heterocycles. The lowest BCUT2D eigenvalue weighted by atomic mass is 10.2. The molecule has 1 aromatic rings. The molecule has 0 aliphatic heterocycles. The van der Waals surface area contributed by atoms with Gasteiger partial charge in [0.2, 0.25) is 0 Å². The van der Waals surface area contributed by atoms with Gasteiger partial charge in [-0.3, -0.25) is 10.7 Å². The normalized spacial score (nSPS) is 10.1. The standard InChI is InChI=1S/C14H18N2O3/c1-14(2,3)19-13(17)15-10-4-5-11-6-8-12(16-18)9-7-11/h6-9,16,18H,10H2,1-3H3,(H,15,17). The van der Waals surface area contributed by atoms with Crippen LogP contribution in [0, 0.1) is 11.8 Å². The van der Waals surface area contributed by atoms with Crippen molar-refractivity contribution >= 4 is 11.8 Å². The van der Waals surface area contributed by atoms with Gasteiger partial charge in [0.25, 0.3) is 0 Å². The fraction of sp³-hybridized carbons (Fsp3) is 0.357. The number of amides is 1. The highest BCUT2D eigenvalue weighted by Gasteiger charge is 2.14. The van der Waals surface area contributed by atoms with E-state index in [2.05, 4.69) is 17.2 Å². The van der Waals surface area contributed by atoms with Crippen LogP contribution < -0.4 is 10.8 Å². The van der Waals surface area contributed by atoms with Gasteiger partial charge in [-0.2, -0.15) is 0 Å². The number of carbonyl (C=O) groups is 1. The number of alkyl carbamates (subject to hydrolysis) is 1. The average molecular weight is 262 g/mol. The molecule has 0 aromatic heterocycles. The van der Waals surface area contributed by atoms with Crippen LogP contribution in [0.25, 0.3) is 0 Å². The van der Waals surface area contributed by atoms with Crippen LogP contribution in [-0.4, -0.2) is 23.4 Å². The first-order valence-corrected chi connectivity index (χ1v) is 5.86. The van der Waals surface area contributed by atoms with Gasteiger partial charge in [-0.15, -0.1) is 0 Å². The van der Waals surface area contributed by atoms with E-state index in [1.807, 2.05) is 5.48 Å². The first-order chi connectivity index (χ1) is 8.90. The fourth-order valence-electron chi connectivity index (χ4n) is 1.20. The van der Waals surface area contributed by atoms with Gasteiger partial charge in [0, 0.05) is 5.56 Å². The molecule has 19 heavy (non-hydrogen) atoms. The third kappa shape index (κ3) is 6.34. The maximum Gasteiger partial charge on any atom is 0.408 e. The lowest BCUT2D eigenvalue weighted by Crippen LogP contribution is -2.32. The van der Waals surface area contributed by atoms with Crippen LogP contribution in [-0.2, 0) is 4.74 Å².